The van der Waals surface area contributed by atoms with Crippen LogP contribution in [-0.2, 0) is 12.1 Å². The molecule has 1 N–H and O–H groups in total. The van der Waals surface area contributed by atoms with Crippen molar-refractivity contribution in [3.63, 3.8) is 0 Å². The van der Waals surface area contributed by atoms with Gasteiger partial charge in [0.15, 0.2) is 17.5 Å². The Morgan fingerprint density at radius 3 is 2.43 bits per heavy atom. The van der Waals surface area contributed by atoms with E-state index >= 15 is 0 Å². The molecule has 7 heteroatoms. The summed E-state index contributed by atoms with van der Waals surface area (Å²) in [5, 5.41) is 10.00. The maximum atomic E-state index is 14.8. The average molecular weight is 387 g/mol. The Kier molecular flexibility index (Phi) is 5.56. The molecule has 0 bridgehead atoms. The summed E-state index contributed by atoms with van der Waals surface area (Å²) in [4.78, 5) is 20.7. The van der Waals surface area contributed by atoms with Crippen LogP contribution in [0.25, 0.3) is 22.2 Å². The van der Waals surface area contributed by atoms with Crippen LogP contribution < -0.4 is 5.56 Å². The number of hydrogen-bond acceptors (Lipinski definition) is 4. The summed E-state index contributed by atoms with van der Waals surface area (Å²) in [7, 11) is 0. The van der Waals surface area contributed by atoms with Crippen molar-refractivity contribution in [2.24, 2.45) is 0 Å². The van der Waals surface area contributed by atoms with E-state index in [-0.39, 0.29) is 16.8 Å². The molecule has 0 aliphatic carbocycles. The van der Waals surface area contributed by atoms with Crippen LogP contribution in [0.15, 0.2) is 35.5 Å². The maximum absolute atomic E-state index is 14.8. The highest BCUT2D eigenvalue weighted by atomic mass is 19.2. The lowest BCUT2D eigenvalue weighted by Gasteiger charge is -2.16. The van der Waals surface area contributed by atoms with Gasteiger partial charge in [0.2, 0.25) is 0 Å². The fourth-order valence-corrected chi connectivity index (χ4v) is 3.03. The summed E-state index contributed by atoms with van der Waals surface area (Å²) in [6.45, 7) is 5.67. The Morgan fingerprint density at radius 1 is 1.14 bits per heavy atom. The van der Waals surface area contributed by atoms with Gasteiger partial charge in [0.05, 0.1) is 16.6 Å². The molecule has 28 heavy (non-hydrogen) atoms. The molecule has 0 aliphatic heterocycles. The third kappa shape index (κ3) is 3.80. The Morgan fingerprint density at radius 2 is 1.82 bits per heavy atom. The van der Waals surface area contributed by atoms with E-state index in [2.05, 4.69) is 16.9 Å². The van der Waals surface area contributed by atoms with Crippen LogP contribution in [0.3, 0.4) is 0 Å². The van der Waals surface area contributed by atoms with Crippen molar-refractivity contribution in [2.75, 3.05) is 0 Å². The van der Waals surface area contributed by atoms with Gasteiger partial charge in [-0.05, 0) is 37.8 Å². The third-order valence-corrected chi connectivity index (χ3v) is 4.75. The van der Waals surface area contributed by atoms with E-state index in [1.165, 1.54) is 23.0 Å². The molecule has 3 aromatic rings. The van der Waals surface area contributed by atoms with E-state index in [9.17, 15) is 18.7 Å². The maximum Gasteiger partial charge on any atom is 0.261 e. The minimum atomic E-state index is -1.20. The first kappa shape index (κ1) is 20.1. The number of benzene rings is 1. The van der Waals surface area contributed by atoms with Gasteiger partial charge in [0, 0.05) is 30.7 Å². The van der Waals surface area contributed by atoms with Gasteiger partial charge >= 0.3 is 0 Å². The number of nitrogens with zero attached hydrogens (tertiary/aromatic N) is 3. The molecule has 5 nitrogen and oxygen atoms in total. The third-order valence-electron chi connectivity index (χ3n) is 4.75. The van der Waals surface area contributed by atoms with Crippen molar-refractivity contribution in [3.05, 3.63) is 58.3 Å². The first-order valence-electron chi connectivity index (χ1n) is 9.30. The lowest BCUT2D eigenvalue weighted by atomic mass is 10.0. The number of pyridine rings is 1. The summed E-state index contributed by atoms with van der Waals surface area (Å²) in [6.07, 6.45) is 7.09. The molecule has 2 heterocycles. The molecular weight excluding hydrogens is 364 g/mol. The number of aryl methyl sites for hydroxylation is 1. The number of unbranched alkanes of at least 4 members (excludes halogenated alkanes) is 2. The second-order valence-corrected chi connectivity index (χ2v) is 7.39. The highest BCUT2D eigenvalue weighted by Gasteiger charge is 2.21. The number of aliphatic hydroxyl groups is 1. The first-order chi connectivity index (χ1) is 13.2. The van der Waals surface area contributed by atoms with Crippen LogP contribution in [0.5, 0.6) is 0 Å². The highest BCUT2D eigenvalue weighted by molar-refractivity contribution is 5.86. The van der Waals surface area contributed by atoms with E-state index in [1.807, 2.05) is 0 Å². The Labute approximate surface area is 161 Å². The molecule has 2 aromatic heterocycles. The zero-order valence-electron chi connectivity index (χ0n) is 16.2. The minimum Gasteiger partial charge on any atom is -0.386 e. The molecule has 0 saturated carbocycles. The van der Waals surface area contributed by atoms with Crippen molar-refractivity contribution in [3.8, 4) is 11.4 Å². The number of hydrogen-bond donors (Lipinski definition) is 1. The fourth-order valence-electron chi connectivity index (χ4n) is 3.03. The standard InChI is InChI=1S/C21H23F2N3O2/c1-4-5-6-8-26-9-7-13-10-15(17(22)18(23)16(13)20(26)27)19-24-11-14(12-25-19)21(2,3)28/h7,9-12,28H,4-6,8H2,1-3H3. The van der Waals surface area contributed by atoms with E-state index in [4.69, 9.17) is 0 Å². The zero-order chi connectivity index (χ0) is 20.5. The van der Waals surface area contributed by atoms with E-state index in [0.717, 1.165) is 19.3 Å². The Bertz CT molecular complexity index is 1050. The summed E-state index contributed by atoms with van der Waals surface area (Å²) < 4.78 is 30.9. The summed E-state index contributed by atoms with van der Waals surface area (Å²) in [5.74, 6) is -2.37. The van der Waals surface area contributed by atoms with E-state index in [0.29, 0.717) is 17.5 Å². The van der Waals surface area contributed by atoms with Crippen molar-refractivity contribution >= 4 is 10.8 Å². The first-order valence-corrected chi connectivity index (χ1v) is 9.30. The topological polar surface area (TPSA) is 68.0 Å². The number of rotatable bonds is 6. The van der Waals surface area contributed by atoms with Crippen LogP contribution in [0.4, 0.5) is 8.78 Å². The average Bonchev–Trinajstić information content (AvgIpc) is 2.65. The summed E-state index contributed by atoms with van der Waals surface area (Å²) >= 11 is 0. The molecule has 0 atom stereocenters. The number of aromatic nitrogens is 3. The van der Waals surface area contributed by atoms with Crippen LogP contribution in [0.2, 0.25) is 0 Å². The molecule has 1 aromatic carbocycles. The summed E-state index contributed by atoms with van der Waals surface area (Å²) in [6, 6.07) is 2.98. The van der Waals surface area contributed by atoms with Gasteiger partial charge in [0.25, 0.3) is 5.56 Å². The van der Waals surface area contributed by atoms with Crippen molar-refractivity contribution in [2.45, 2.75) is 52.2 Å². The van der Waals surface area contributed by atoms with Gasteiger partial charge in [-0.3, -0.25) is 4.79 Å². The Hall–Kier alpha value is -2.67. The lowest BCUT2D eigenvalue weighted by molar-refractivity contribution is 0.0778. The Balaban J connectivity index is 2.08. The SMILES string of the molecule is CCCCCn1ccc2cc(-c3ncc(C(C)(C)O)cn3)c(F)c(F)c2c1=O. The predicted molar refractivity (Wildman–Crippen MR) is 104 cm³/mol. The lowest BCUT2D eigenvalue weighted by Crippen LogP contribution is -2.21. The second kappa shape index (κ2) is 7.75. The molecule has 0 fully saturated rings. The molecule has 0 spiro atoms. The molecule has 0 aliphatic rings. The molecule has 0 unspecified atom stereocenters. The van der Waals surface area contributed by atoms with Crippen molar-refractivity contribution < 1.29 is 13.9 Å². The van der Waals surface area contributed by atoms with Crippen molar-refractivity contribution in [1.29, 1.82) is 0 Å². The second-order valence-electron chi connectivity index (χ2n) is 7.39. The molecule has 0 radical (unpaired) electrons. The number of halogens is 2. The zero-order valence-corrected chi connectivity index (χ0v) is 16.2. The predicted octanol–water partition coefficient (Wildman–Crippen LogP) is 4.15. The fraction of sp³-hybridized carbons (Fsp3) is 0.381. The molecular formula is C21H23F2N3O2. The molecule has 3 rings (SSSR count). The highest BCUT2D eigenvalue weighted by Crippen LogP contribution is 2.28. The van der Waals surface area contributed by atoms with Crippen molar-refractivity contribution in [1.82, 2.24) is 14.5 Å². The summed E-state index contributed by atoms with van der Waals surface area (Å²) in [5.41, 5.74) is -1.37. The quantitative estimate of drug-likeness (QED) is 0.645. The van der Waals surface area contributed by atoms with E-state index in [1.54, 1.807) is 26.1 Å². The van der Waals surface area contributed by atoms with Gasteiger partial charge < -0.3 is 9.67 Å². The molecule has 148 valence electrons. The van der Waals surface area contributed by atoms with Crippen LogP contribution >= 0.6 is 0 Å². The van der Waals surface area contributed by atoms with Gasteiger partial charge in [-0.15, -0.1) is 0 Å². The van der Waals surface area contributed by atoms with Gasteiger partial charge in [-0.2, -0.15) is 0 Å². The number of fused-ring (bicyclic) bond motifs is 1. The van der Waals surface area contributed by atoms with Gasteiger partial charge in [-0.25, -0.2) is 18.7 Å². The molecule has 0 saturated heterocycles. The smallest absolute Gasteiger partial charge is 0.261 e. The van der Waals surface area contributed by atoms with Gasteiger partial charge in [0.1, 0.15) is 0 Å². The largest absolute Gasteiger partial charge is 0.386 e. The van der Waals surface area contributed by atoms with Crippen LogP contribution in [0, 0.1) is 11.6 Å². The van der Waals surface area contributed by atoms with Crippen LogP contribution in [0.1, 0.15) is 45.6 Å². The minimum absolute atomic E-state index is 0.0153. The van der Waals surface area contributed by atoms with Crippen LogP contribution in [-0.4, -0.2) is 19.6 Å². The monoisotopic (exact) mass is 387 g/mol. The van der Waals surface area contributed by atoms with Gasteiger partial charge in [-0.1, -0.05) is 19.8 Å². The molecule has 0 amide bonds. The van der Waals surface area contributed by atoms with E-state index < -0.39 is 22.8 Å². The normalized spacial score (nSPS) is 11.9.